The first kappa shape index (κ1) is 18.5. The predicted octanol–water partition coefficient (Wildman–Crippen LogP) is 2.91. The second kappa shape index (κ2) is 8.44. The Balaban J connectivity index is 1.36. The fourth-order valence-corrected chi connectivity index (χ4v) is 3.40. The van der Waals surface area contributed by atoms with E-state index in [1.54, 1.807) is 47.7 Å². The Labute approximate surface area is 170 Å². The summed E-state index contributed by atoms with van der Waals surface area (Å²) in [6, 6.07) is 14.2. The van der Waals surface area contributed by atoms with Crippen molar-refractivity contribution in [2.45, 2.75) is 6.54 Å². The molecular formula is C20H16N6O2S. The van der Waals surface area contributed by atoms with Crippen LogP contribution in [0.25, 0.3) is 5.69 Å². The molecule has 3 heterocycles. The number of anilines is 1. The highest BCUT2D eigenvalue weighted by atomic mass is 32.1. The second-order valence-electron chi connectivity index (χ2n) is 6.04. The SMILES string of the molecule is O=C(NCc1ccncc1)c1ccc(C(=O)Nc2ccc(-n3cncn3)cc2)s1. The highest BCUT2D eigenvalue weighted by Crippen LogP contribution is 2.19. The molecule has 8 nitrogen and oxygen atoms in total. The number of rotatable bonds is 6. The summed E-state index contributed by atoms with van der Waals surface area (Å²) in [5.74, 6) is -0.486. The van der Waals surface area contributed by atoms with Crippen molar-refractivity contribution in [2.75, 3.05) is 5.32 Å². The molecule has 2 amide bonds. The van der Waals surface area contributed by atoms with Crippen molar-refractivity contribution in [3.8, 4) is 5.69 Å². The average Bonchev–Trinajstić information content (AvgIpc) is 3.46. The number of thiophene rings is 1. The lowest BCUT2D eigenvalue weighted by atomic mass is 10.2. The van der Waals surface area contributed by atoms with Crippen LogP contribution in [0.15, 0.2) is 73.6 Å². The van der Waals surface area contributed by atoms with E-state index in [2.05, 4.69) is 25.7 Å². The number of benzene rings is 1. The number of hydrogen-bond donors (Lipinski definition) is 2. The summed E-state index contributed by atoms with van der Waals surface area (Å²) in [7, 11) is 0. The predicted molar refractivity (Wildman–Crippen MR) is 109 cm³/mol. The largest absolute Gasteiger partial charge is 0.347 e. The number of carbonyl (C=O) groups is 2. The molecule has 9 heteroatoms. The third kappa shape index (κ3) is 4.53. The first-order valence-corrected chi connectivity index (χ1v) is 9.54. The van der Waals surface area contributed by atoms with Gasteiger partial charge in [0.2, 0.25) is 0 Å². The van der Waals surface area contributed by atoms with Crippen molar-refractivity contribution in [3.05, 3.63) is 88.9 Å². The molecule has 0 radical (unpaired) electrons. The van der Waals surface area contributed by atoms with Gasteiger partial charge in [0.15, 0.2) is 0 Å². The van der Waals surface area contributed by atoms with E-state index in [1.165, 1.54) is 6.33 Å². The quantitative estimate of drug-likeness (QED) is 0.514. The molecule has 3 aromatic heterocycles. The fraction of sp³-hybridized carbons (Fsp3) is 0.0500. The smallest absolute Gasteiger partial charge is 0.265 e. The van der Waals surface area contributed by atoms with Crippen LogP contribution in [-0.4, -0.2) is 31.6 Å². The molecule has 4 aromatic rings. The number of nitrogens with one attached hydrogen (secondary N) is 2. The maximum atomic E-state index is 12.5. The van der Waals surface area contributed by atoms with Crippen LogP contribution >= 0.6 is 11.3 Å². The van der Waals surface area contributed by atoms with Crippen LogP contribution in [0.5, 0.6) is 0 Å². The van der Waals surface area contributed by atoms with Gasteiger partial charge in [-0.1, -0.05) is 0 Å². The molecule has 0 fully saturated rings. The van der Waals surface area contributed by atoms with Gasteiger partial charge < -0.3 is 10.6 Å². The number of pyridine rings is 1. The van der Waals surface area contributed by atoms with Gasteiger partial charge in [-0.05, 0) is 54.1 Å². The monoisotopic (exact) mass is 404 g/mol. The van der Waals surface area contributed by atoms with Crippen LogP contribution in [0.3, 0.4) is 0 Å². The van der Waals surface area contributed by atoms with Crippen LogP contribution < -0.4 is 10.6 Å². The summed E-state index contributed by atoms with van der Waals surface area (Å²) in [5.41, 5.74) is 2.44. The molecule has 0 saturated carbocycles. The molecule has 0 aliphatic heterocycles. The van der Waals surface area contributed by atoms with E-state index in [0.717, 1.165) is 22.6 Å². The molecule has 0 unspecified atom stereocenters. The summed E-state index contributed by atoms with van der Waals surface area (Å²) in [6.45, 7) is 0.402. The molecule has 0 spiro atoms. The van der Waals surface area contributed by atoms with Gasteiger partial charge in [-0.3, -0.25) is 14.6 Å². The number of hydrogen-bond acceptors (Lipinski definition) is 6. The molecule has 0 saturated heterocycles. The van der Waals surface area contributed by atoms with E-state index in [9.17, 15) is 9.59 Å². The highest BCUT2D eigenvalue weighted by Gasteiger charge is 2.14. The second-order valence-corrected chi connectivity index (χ2v) is 7.13. The third-order valence-electron chi connectivity index (χ3n) is 4.06. The van der Waals surface area contributed by atoms with E-state index in [-0.39, 0.29) is 11.8 Å². The molecular weight excluding hydrogens is 388 g/mol. The normalized spacial score (nSPS) is 10.5. The standard InChI is InChI=1S/C20H16N6O2S/c27-19(23-11-14-7-9-21-10-8-14)17-5-6-18(29-17)20(28)25-15-1-3-16(4-2-15)26-13-22-12-24-26/h1-10,12-13H,11H2,(H,23,27)(H,25,28). The Kier molecular flexibility index (Phi) is 5.39. The average molecular weight is 404 g/mol. The van der Waals surface area contributed by atoms with Crippen LogP contribution in [0.4, 0.5) is 5.69 Å². The van der Waals surface area contributed by atoms with Crippen LogP contribution in [0.2, 0.25) is 0 Å². The summed E-state index contributed by atoms with van der Waals surface area (Å²) in [4.78, 5) is 33.6. The summed E-state index contributed by atoms with van der Waals surface area (Å²) >= 11 is 1.15. The van der Waals surface area contributed by atoms with Gasteiger partial charge in [-0.15, -0.1) is 11.3 Å². The lowest BCUT2D eigenvalue weighted by molar-refractivity contribution is 0.0954. The Morgan fingerprint density at radius 1 is 0.897 bits per heavy atom. The number of aromatic nitrogens is 4. The molecule has 1 aromatic carbocycles. The van der Waals surface area contributed by atoms with Crippen LogP contribution in [-0.2, 0) is 6.54 Å². The summed E-state index contributed by atoms with van der Waals surface area (Å²) in [5, 5.41) is 9.72. The molecule has 29 heavy (non-hydrogen) atoms. The molecule has 0 aliphatic rings. The minimum absolute atomic E-state index is 0.219. The van der Waals surface area contributed by atoms with E-state index in [4.69, 9.17) is 0 Å². The van der Waals surface area contributed by atoms with Crippen LogP contribution in [0, 0.1) is 0 Å². The Morgan fingerprint density at radius 2 is 1.62 bits per heavy atom. The zero-order valence-corrected chi connectivity index (χ0v) is 16.0. The van der Waals surface area contributed by atoms with Gasteiger partial charge in [-0.2, -0.15) is 5.10 Å². The molecule has 2 N–H and O–H groups in total. The van der Waals surface area contributed by atoms with Crippen molar-refractivity contribution < 1.29 is 9.59 Å². The van der Waals surface area contributed by atoms with Gasteiger partial charge in [0.25, 0.3) is 11.8 Å². The zero-order valence-electron chi connectivity index (χ0n) is 15.1. The first-order chi connectivity index (χ1) is 14.2. The minimum Gasteiger partial charge on any atom is -0.347 e. The molecule has 0 atom stereocenters. The third-order valence-corrected chi connectivity index (χ3v) is 5.15. The maximum Gasteiger partial charge on any atom is 0.265 e. The molecule has 0 aliphatic carbocycles. The number of carbonyl (C=O) groups excluding carboxylic acids is 2. The number of nitrogens with zero attached hydrogens (tertiary/aromatic N) is 4. The Morgan fingerprint density at radius 3 is 2.31 bits per heavy atom. The van der Waals surface area contributed by atoms with Crippen molar-refractivity contribution in [1.82, 2.24) is 25.1 Å². The topological polar surface area (TPSA) is 102 Å². The lowest BCUT2D eigenvalue weighted by Crippen LogP contribution is -2.21. The summed E-state index contributed by atoms with van der Waals surface area (Å²) < 4.78 is 1.63. The van der Waals surface area contributed by atoms with Crippen molar-refractivity contribution in [3.63, 3.8) is 0 Å². The molecule has 4 rings (SSSR count). The summed E-state index contributed by atoms with van der Waals surface area (Å²) in [6.07, 6.45) is 6.40. The fourth-order valence-electron chi connectivity index (χ4n) is 2.58. The molecule has 0 bridgehead atoms. The zero-order chi connectivity index (χ0) is 20.1. The number of amides is 2. The highest BCUT2D eigenvalue weighted by molar-refractivity contribution is 7.16. The first-order valence-electron chi connectivity index (χ1n) is 8.72. The van der Waals surface area contributed by atoms with Crippen LogP contribution in [0.1, 0.15) is 24.9 Å². The van der Waals surface area contributed by atoms with E-state index in [0.29, 0.717) is 22.0 Å². The van der Waals surface area contributed by atoms with Gasteiger partial charge in [0.1, 0.15) is 12.7 Å². The Hall–Kier alpha value is -3.85. The van der Waals surface area contributed by atoms with E-state index < -0.39 is 0 Å². The van der Waals surface area contributed by atoms with E-state index >= 15 is 0 Å². The lowest BCUT2D eigenvalue weighted by Gasteiger charge is -2.05. The molecule has 144 valence electrons. The van der Waals surface area contributed by atoms with Crippen molar-refractivity contribution in [2.24, 2.45) is 0 Å². The Bertz CT molecular complexity index is 1110. The van der Waals surface area contributed by atoms with Gasteiger partial charge in [-0.25, -0.2) is 9.67 Å². The van der Waals surface area contributed by atoms with Gasteiger partial charge >= 0.3 is 0 Å². The van der Waals surface area contributed by atoms with Crippen molar-refractivity contribution in [1.29, 1.82) is 0 Å². The van der Waals surface area contributed by atoms with E-state index in [1.807, 2.05) is 24.3 Å². The maximum absolute atomic E-state index is 12.5. The van der Waals surface area contributed by atoms with Gasteiger partial charge in [0, 0.05) is 24.6 Å². The van der Waals surface area contributed by atoms with Gasteiger partial charge in [0.05, 0.1) is 15.4 Å². The minimum atomic E-state index is -0.267. The van der Waals surface area contributed by atoms with Crippen molar-refractivity contribution >= 4 is 28.8 Å².